The van der Waals surface area contributed by atoms with E-state index < -0.39 is 11.9 Å². The fourth-order valence-corrected chi connectivity index (χ4v) is 2.49. The minimum absolute atomic E-state index is 0.194. The van der Waals surface area contributed by atoms with E-state index >= 15 is 0 Å². The molecule has 0 spiro atoms. The summed E-state index contributed by atoms with van der Waals surface area (Å²) in [6.45, 7) is 1.46. The zero-order chi connectivity index (χ0) is 20.8. The molecule has 0 aliphatic rings. The first-order valence-electron chi connectivity index (χ1n) is 8.77. The number of hydrogen-bond donors (Lipinski definition) is 2. The Labute approximate surface area is 166 Å². The highest BCUT2D eigenvalue weighted by atomic mass is 19.1. The molecule has 29 heavy (non-hydrogen) atoms. The van der Waals surface area contributed by atoms with Crippen LogP contribution in [0.1, 0.15) is 29.2 Å². The number of hydrogen-bond acceptors (Lipinski definition) is 6. The Hall–Kier alpha value is -3.75. The number of nitrogens with one attached hydrogen (secondary N) is 2. The summed E-state index contributed by atoms with van der Waals surface area (Å²) in [6.07, 6.45) is 0. The Morgan fingerprint density at radius 3 is 2.48 bits per heavy atom. The fraction of sp³-hybridized carbons (Fsp3) is 0.200. The standard InChI is InChI=1S/C20H19FN4O4/c1-12(20-24-18(25-29-20)13-3-7-15(21)8-4-13)23-17(26)11-22-19(27)14-5-9-16(28-2)10-6-14/h3-10,12H,11H2,1-2H3,(H,22,27)(H,23,26). The van der Waals surface area contributed by atoms with Gasteiger partial charge in [-0.15, -0.1) is 0 Å². The molecule has 0 radical (unpaired) electrons. The zero-order valence-electron chi connectivity index (χ0n) is 15.8. The molecular formula is C20H19FN4O4. The van der Waals surface area contributed by atoms with E-state index in [0.29, 0.717) is 16.9 Å². The lowest BCUT2D eigenvalue weighted by Crippen LogP contribution is -2.38. The second kappa shape index (κ2) is 8.96. The maximum Gasteiger partial charge on any atom is 0.251 e. The molecule has 9 heteroatoms. The van der Waals surface area contributed by atoms with Crippen LogP contribution in [0.4, 0.5) is 4.39 Å². The minimum atomic E-state index is -0.568. The number of benzene rings is 2. The lowest BCUT2D eigenvalue weighted by Gasteiger charge is -2.10. The molecule has 0 saturated carbocycles. The molecule has 3 rings (SSSR count). The molecule has 0 aliphatic heterocycles. The highest BCUT2D eigenvalue weighted by molar-refractivity contribution is 5.96. The number of rotatable bonds is 7. The number of carbonyl (C=O) groups is 2. The number of ether oxygens (including phenoxy) is 1. The van der Waals surface area contributed by atoms with Gasteiger partial charge >= 0.3 is 0 Å². The van der Waals surface area contributed by atoms with E-state index in [0.717, 1.165) is 0 Å². The lowest BCUT2D eigenvalue weighted by atomic mass is 10.2. The SMILES string of the molecule is COc1ccc(C(=O)NCC(=O)NC(C)c2nc(-c3ccc(F)cc3)no2)cc1. The molecule has 2 aromatic carbocycles. The van der Waals surface area contributed by atoms with E-state index in [1.165, 1.54) is 31.4 Å². The first kappa shape index (κ1) is 20.0. The van der Waals surface area contributed by atoms with Crippen molar-refractivity contribution in [1.29, 1.82) is 0 Å². The van der Waals surface area contributed by atoms with Crippen molar-refractivity contribution in [3.63, 3.8) is 0 Å². The summed E-state index contributed by atoms with van der Waals surface area (Å²) in [7, 11) is 1.53. The van der Waals surface area contributed by atoms with Gasteiger partial charge < -0.3 is 19.9 Å². The van der Waals surface area contributed by atoms with Gasteiger partial charge in [0, 0.05) is 11.1 Å². The fourth-order valence-electron chi connectivity index (χ4n) is 2.49. The number of aromatic nitrogens is 2. The number of halogens is 1. The Morgan fingerprint density at radius 2 is 1.83 bits per heavy atom. The Morgan fingerprint density at radius 1 is 1.14 bits per heavy atom. The molecule has 8 nitrogen and oxygen atoms in total. The van der Waals surface area contributed by atoms with Crippen molar-refractivity contribution in [3.05, 3.63) is 65.8 Å². The second-order valence-electron chi connectivity index (χ2n) is 6.16. The van der Waals surface area contributed by atoms with Gasteiger partial charge in [0.25, 0.3) is 5.91 Å². The summed E-state index contributed by atoms with van der Waals surface area (Å²) in [6, 6.07) is 11.6. The van der Waals surface area contributed by atoms with E-state index in [-0.39, 0.29) is 30.0 Å². The minimum Gasteiger partial charge on any atom is -0.497 e. The van der Waals surface area contributed by atoms with Gasteiger partial charge in [-0.3, -0.25) is 9.59 Å². The first-order valence-corrected chi connectivity index (χ1v) is 8.77. The van der Waals surface area contributed by atoms with Crippen LogP contribution in [0, 0.1) is 5.82 Å². The van der Waals surface area contributed by atoms with Crippen LogP contribution in [0.2, 0.25) is 0 Å². The molecule has 3 aromatic rings. The third-order valence-electron chi connectivity index (χ3n) is 4.05. The van der Waals surface area contributed by atoms with Crippen molar-refractivity contribution in [2.24, 2.45) is 0 Å². The largest absolute Gasteiger partial charge is 0.497 e. The number of methoxy groups -OCH3 is 1. The Balaban J connectivity index is 1.52. The van der Waals surface area contributed by atoms with Crippen LogP contribution in [0.3, 0.4) is 0 Å². The predicted molar refractivity (Wildman–Crippen MR) is 102 cm³/mol. The van der Waals surface area contributed by atoms with Crippen molar-refractivity contribution in [1.82, 2.24) is 20.8 Å². The molecule has 0 bridgehead atoms. The average Bonchev–Trinajstić information content (AvgIpc) is 3.23. The Kier molecular flexibility index (Phi) is 6.18. The molecule has 1 heterocycles. The van der Waals surface area contributed by atoms with Crippen LogP contribution < -0.4 is 15.4 Å². The van der Waals surface area contributed by atoms with Crippen LogP contribution in [-0.2, 0) is 4.79 Å². The summed E-state index contributed by atoms with van der Waals surface area (Å²) in [5, 5.41) is 9.03. The molecule has 0 aliphatic carbocycles. The van der Waals surface area contributed by atoms with Gasteiger partial charge in [-0.2, -0.15) is 4.98 Å². The van der Waals surface area contributed by atoms with Crippen molar-refractivity contribution in [3.8, 4) is 17.1 Å². The van der Waals surface area contributed by atoms with E-state index in [2.05, 4.69) is 20.8 Å². The highest BCUT2D eigenvalue weighted by Gasteiger charge is 2.18. The topological polar surface area (TPSA) is 106 Å². The van der Waals surface area contributed by atoms with Crippen LogP contribution in [-0.4, -0.2) is 35.6 Å². The van der Waals surface area contributed by atoms with Crippen molar-refractivity contribution in [2.75, 3.05) is 13.7 Å². The molecule has 2 N–H and O–H groups in total. The van der Waals surface area contributed by atoms with E-state index in [4.69, 9.17) is 9.26 Å². The van der Waals surface area contributed by atoms with Gasteiger partial charge in [0.2, 0.25) is 17.6 Å². The summed E-state index contributed by atoms with van der Waals surface area (Å²) >= 11 is 0. The second-order valence-corrected chi connectivity index (χ2v) is 6.16. The van der Waals surface area contributed by atoms with Crippen LogP contribution in [0.15, 0.2) is 53.1 Å². The Bertz CT molecular complexity index is 986. The first-order chi connectivity index (χ1) is 14.0. The maximum atomic E-state index is 13.0. The van der Waals surface area contributed by atoms with Crippen molar-refractivity contribution in [2.45, 2.75) is 13.0 Å². The van der Waals surface area contributed by atoms with Crippen LogP contribution in [0.25, 0.3) is 11.4 Å². The van der Waals surface area contributed by atoms with Gasteiger partial charge in [0.15, 0.2) is 0 Å². The summed E-state index contributed by atoms with van der Waals surface area (Å²) in [5.74, 6) is -0.0525. The highest BCUT2D eigenvalue weighted by Crippen LogP contribution is 2.19. The van der Waals surface area contributed by atoms with Gasteiger partial charge in [0.05, 0.1) is 13.7 Å². The molecule has 150 valence electrons. The van der Waals surface area contributed by atoms with Gasteiger partial charge in [-0.25, -0.2) is 4.39 Å². The van der Waals surface area contributed by atoms with Crippen molar-refractivity contribution < 1.29 is 23.2 Å². The van der Waals surface area contributed by atoms with Gasteiger partial charge in [0.1, 0.15) is 17.6 Å². The monoisotopic (exact) mass is 398 g/mol. The zero-order valence-corrected chi connectivity index (χ0v) is 15.8. The summed E-state index contributed by atoms with van der Waals surface area (Å²) < 4.78 is 23.2. The quantitative estimate of drug-likeness (QED) is 0.633. The maximum absolute atomic E-state index is 13.0. The molecule has 0 fully saturated rings. The van der Waals surface area contributed by atoms with Crippen LogP contribution in [0.5, 0.6) is 5.75 Å². The third-order valence-corrected chi connectivity index (χ3v) is 4.05. The predicted octanol–water partition coefficient (Wildman–Crippen LogP) is 2.49. The molecule has 0 saturated heterocycles. The molecule has 1 aromatic heterocycles. The summed E-state index contributed by atoms with van der Waals surface area (Å²) in [4.78, 5) is 28.4. The summed E-state index contributed by atoms with van der Waals surface area (Å²) in [5.41, 5.74) is 0.999. The number of nitrogens with zero attached hydrogens (tertiary/aromatic N) is 2. The smallest absolute Gasteiger partial charge is 0.251 e. The molecule has 1 atom stereocenters. The normalized spacial score (nSPS) is 11.6. The van der Waals surface area contributed by atoms with E-state index in [1.54, 1.807) is 31.2 Å². The molecule has 1 unspecified atom stereocenters. The average molecular weight is 398 g/mol. The van der Waals surface area contributed by atoms with Gasteiger partial charge in [-0.05, 0) is 55.5 Å². The van der Waals surface area contributed by atoms with Crippen molar-refractivity contribution >= 4 is 11.8 Å². The van der Waals surface area contributed by atoms with E-state index in [1.807, 2.05) is 0 Å². The lowest BCUT2D eigenvalue weighted by molar-refractivity contribution is -0.120. The third kappa shape index (κ3) is 5.16. The molecule has 2 amide bonds. The van der Waals surface area contributed by atoms with Crippen LogP contribution >= 0.6 is 0 Å². The van der Waals surface area contributed by atoms with Gasteiger partial charge in [-0.1, -0.05) is 5.16 Å². The molecular weight excluding hydrogens is 379 g/mol. The number of carbonyl (C=O) groups excluding carboxylic acids is 2. The number of amides is 2. The van der Waals surface area contributed by atoms with E-state index in [9.17, 15) is 14.0 Å².